The number of benzene rings is 2. The minimum Gasteiger partial charge on any atom is -0.396 e. The summed E-state index contributed by atoms with van der Waals surface area (Å²) in [6.45, 7) is 2.12. The molecule has 1 amide bonds. The van der Waals surface area contributed by atoms with Crippen molar-refractivity contribution < 1.29 is 9.90 Å². The van der Waals surface area contributed by atoms with E-state index in [1.807, 2.05) is 43.3 Å². The molecule has 0 bridgehead atoms. The van der Waals surface area contributed by atoms with Crippen molar-refractivity contribution in [3.8, 4) is 0 Å². The topological polar surface area (TPSA) is 61.4 Å². The van der Waals surface area contributed by atoms with Crippen molar-refractivity contribution in [3.05, 3.63) is 64.7 Å². The summed E-state index contributed by atoms with van der Waals surface area (Å²) in [7, 11) is 0. The molecule has 0 aromatic heterocycles. The number of aliphatic hydroxyl groups is 1. The second-order valence-corrected chi connectivity index (χ2v) is 5.80. The molecule has 4 nitrogen and oxygen atoms in total. The Morgan fingerprint density at radius 1 is 1.22 bits per heavy atom. The number of carbonyl (C=O) groups excluding carboxylic acids is 1. The molecule has 0 saturated heterocycles. The van der Waals surface area contributed by atoms with Crippen LogP contribution >= 0.6 is 11.6 Å². The van der Waals surface area contributed by atoms with Gasteiger partial charge in [0.2, 0.25) is 5.91 Å². The highest BCUT2D eigenvalue weighted by Crippen LogP contribution is 2.20. The van der Waals surface area contributed by atoms with Crippen LogP contribution in [0.3, 0.4) is 0 Å². The van der Waals surface area contributed by atoms with Crippen LogP contribution in [0.4, 0.5) is 5.69 Å². The van der Waals surface area contributed by atoms with Gasteiger partial charge in [-0.25, -0.2) is 0 Å². The molecule has 0 aliphatic heterocycles. The minimum absolute atomic E-state index is 0.0572. The maximum absolute atomic E-state index is 12.1. The number of rotatable bonds is 7. The summed E-state index contributed by atoms with van der Waals surface area (Å²) in [6.07, 6.45) is 0.553. The summed E-state index contributed by atoms with van der Waals surface area (Å²) < 4.78 is 0. The first kappa shape index (κ1) is 17.5. The van der Waals surface area contributed by atoms with Crippen molar-refractivity contribution in [2.24, 2.45) is 0 Å². The molecule has 1 atom stereocenters. The van der Waals surface area contributed by atoms with Crippen molar-refractivity contribution >= 4 is 23.2 Å². The highest BCUT2D eigenvalue weighted by Gasteiger charge is 2.12. The Labute approximate surface area is 141 Å². The molecule has 0 spiro atoms. The van der Waals surface area contributed by atoms with Crippen LogP contribution in [-0.4, -0.2) is 24.2 Å². The van der Waals surface area contributed by atoms with E-state index in [0.29, 0.717) is 11.4 Å². The van der Waals surface area contributed by atoms with Crippen molar-refractivity contribution in [3.63, 3.8) is 0 Å². The summed E-state index contributed by atoms with van der Waals surface area (Å²) in [4.78, 5) is 12.1. The van der Waals surface area contributed by atoms with Crippen LogP contribution in [0.25, 0.3) is 0 Å². The van der Waals surface area contributed by atoms with E-state index >= 15 is 0 Å². The Hall–Kier alpha value is -1.88. The number of aryl methyl sites for hydroxylation is 1. The van der Waals surface area contributed by atoms with Crippen LogP contribution in [0.2, 0.25) is 5.02 Å². The summed E-state index contributed by atoms with van der Waals surface area (Å²) in [5, 5.41) is 15.9. The predicted molar refractivity (Wildman–Crippen MR) is 93.7 cm³/mol. The minimum atomic E-state index is -0.130. The number of anilines is 1. The van der Waals surface area contributed by atoms with Gasteiger partial charge in [-0.1, -0.05) is 41.9 Å². The molecule has 2 aromatic rings. The van der Waals surface area contributed by atoms with Gasteiger partial charge in [-0.15, -0.1) is 0 Å². The van der Waals surface area contributed by atoms with Gasteiger partial charge in [0.1, 0.15) is 0 Å². The predicted octanol–water partition coefficient (Wildman–Crippen LogP) is 3.30. The Bertz CT molecular complexity index is 647. The number of nitrogens with one attached hydrogen (secondary N) is 2. The monoisotopic (exact) mass is 332 g/mol. The first-order valence-electron chi connectivity index (χ1n) is 7.55. The molecule has 0 aliphatic rings. The molecule has 0 fully saturated rings. The fourth-order valence-corrected chi connectivity index (χ4v) is 2.61. The fourth-order valence-electron chi connectivity index (χ4n) is 2.38. The van der Waals surface area contributed by atoms with Gasteiger partial charge >= 0.3 is 0 Å². The van der Waals surface area contributed by atoms with Gasteiger partial charge in [-0.05, 0) is 42.7 Å². The van der Waals surface area contributed by atoms with Crippen LogP contribution in [-0.2, 0) is 4.79 Å². The Kier molecular flexibility index (Phi) is 6.59. The van der Waals surface area contributed by atoms with E-state index in [2.05, 4.69) is 10.6 Å². The highest BCUT2D eigenvalue weighted by molar-refractivity contribution is 6.30. The van der Waals surface area contributed by atoms with E-state index in [1.165, 1.54) is 0 Å². The maximum atomic E-state index is 12.1. The number of carbonyl (C=O) groups is 1. The molecule has 23 heavy (non-hydrogen) atoms. The molecule has 0 saturated carbocycles. The van der Waals surface area contributed by atoms with Crippen molar-refractivity contribution in [2.45, 2.75) is 19.4 Å². The van der Waals surface area contributed by atoms with E-state index in [1.54, 1.807) is 12.1 Å². The third kappa shape index (κ3) is 5.36. The lowest BCUT2D eigenvalue weighted by Crippen LogP contribution is -2.32. The first-order chi connectivity index (χ1) is 11.1. The number of hydrogen-bond acceptors (Lipinski definition) is 3. The molecule has 3 N–H and O–H groups in total. The van der Waals surface area contributed by atoms with Gasteiger partial charge in [0, 0.05) is 23.4 Å². The molecule has 0 radical (unpaired) electrons. The maximum Gasteiger partial charge on any atom is 0.238 e. The van der Waals surface area contributed by atoms with E-state index < -0.39 is 0 Å². The van der Waals surface area contributed by atoms with Crippen LogP contribution in [0, 0.1) is 6.92 Å². The summed E-state index contributed by atoms with van der Waals surface area (Å²) >= 11 is 5.91. The highest BCUT2D eigenvalue weighted by atomic mass is 35.5. The quantitative estimate of drug-likeness (QED) is 0.729. The third-order valence-corrected chi connectivity index (χ3v) is 3.83. The van der Waals surface area contributed by atoms with E-state index in [4.69, 9.17) is 11.6 Å². The zero-order valence-corrected chi connectivity index (χ0v) is 13.8. The first-order valence-corrected chi connectivity index (χ1v) is 7.93. The normalized spacial score (nSPS) is 12.0. The van der Waals surface area contributed by atoms with Crippen LogP contribution in [0.1, 0.15) is 23.6 Å². The Balaban J connectivity index is 1.94. The standard InChI is InChI=1S/C18H21ClN2O2/c1-13-11-15(19)7-8-16(13)21-18(23)12-20-17(9-10-22)14-5-3-2-4-6-14/h2-8,11,17,20,22H,9-10,12H2,1H3,(H,21,23). The van der Waals surface area contributed by atoms with E-state index in [0.717, 1.165) is 16.8 Å². The zero-order valence-electron chi connectivity index (χ0n) is 13.1. The van der Waals surface area contributed by atoms with Crippen LogP contribution in [0.15, 0.2) is 48.5 Å². The van der Waals surface area contributed by atoms with E-state index in [-0.39, 0.29) is 25.1 Å². The second kappa shape index (κ2) is 8.67. The zero-order chi connectivity index (χ0) is 16.7. The van der Waals surface area contributed by atoms with Gasteiger partial charge in [-0.3, -0.25) is 4.79 Å². The Morgan fingerprint density at radius 3 is 2.61 bits per heavy atom. The molecular formula is C18H21ClN2O2. The van der Waals surface area contributed by atoms with Gasteiger partial charge < -0.3 is 15.7 Å². The van der Waals surface area contributed by atoms with Crippen molar-refractivity contribution in [1.82, 2.24) is 5.32 Å². The van der Waals surface area contributed by atoms with Gasteiger partial charge in [-0.2, -0.15) is 0 Å². The smallest absolute Gasteiger partial charge is 0.238 e. The van der Waals surface area contributed by atoms with Gasteiger partial charge in [0.25, 0.3) is 0 Å². The fraction of sp³-hybridized carbons (Fsp3) is 0.278. The second-order valence-electron chi connectivity index (χ2n) is 5.36. The molecule has 2 rings (SSSR count). The average molecular weight is 333 g/mol. The third-order valence-electron chi connectivity index (χ3n) is 3.59. The molecule has 5 heteroatoms. The van der Waals surface area contributed by atoms with Crippen molar-refractivity contribution in [1.29, 1.82) is 0 Å². The molecule has 0 aliphatic carbocycles. The average Bonchev–Trinajstić information content (AvgIpc) is 2.55. The molecule has 122 valence electrons. The number of amides is 1. The van der Waals surface area contributed by atoms with E-state index in [9.17, 15) is 9.90 Å². The largest absolute Gasteiger partial charge is 0.396 e. The number of halogens is 1. The lowest BCUT2D eigenvalue weighted by Gasteiger charge is -2.18. The van der Waals surface area contributed by atoms with Crippen molar-refractivity contribution in [2.75, 3.05) is 18.5 Å². The lowest BCUT2D eigenvalue weighted by atomic mass is 10.0. The molecule has 0 heterocycles. The number of hydrogen-bond donors (Lipinski definition) is 3. The lowest BCUT2D eigenvalue weighted by molar-refractivity contribution is -0.115. The SMILES string of the molecule is Cc1cc(Cl)ccc1NC(=O)CNC(CCO)c1ccccc1. The van der Waals surface area contributed by atoms with Gasteiger partial charge in [0.05, 0.1) is 6.54 Å². The molecule has 2 aromatic carbocycles. The van der Waals surface area contributed by atoms with Crippen LogP contribution < -0.4 is 10.6 Å². The summed E-state index contributed by atoms with van der Waals surface area (Å²) in [6, 6.07) is 15.1. The summed E-state index contributed by atoms with van der Waals surface area (Å²) in [5.74, 6) is -0.130. The molecular weight excluding hydrogens is 312 g/mol. The summed E-state index contributed by atoms with van der Waals surface area (Å²) in [5.41, 5.74) is 2.72. The number of aliphatic hydroxyl groups excluding tert-OH is 1. The van der Waals surface area contributed by atoms with Crippen LogP contribution in [0.5, 0.6) is 0 Å². The molecule has 1 unspecified atom stereocenters. The Morgan fingerprint density at radius 2 is 1.96 bits per heavy atom. The van der Waals surface area contributed by atoms with Gasteiger partial charge in [0.15, 0.2) is 0 Å².